The van der Waals surface area contributed by atoms with E-state index in [1.807, 2.05) is 33.8 Å². The third-order valence-electron chi connectivity index (χ3n) is 6.65. The molecule has 0 bridgehead atoms. The zero-order valence-electron chi connectivity index (χ0n) is 23.1. The summed E-state index contributed by atoms with van der Waals surface area (Å²) in [5, 5.41) is 3.39. The van der Waals surface area contributed by atoms with Crippen molar-refractivity contribution in [2.24, 2.45) is 0 Å². The minimum Gasteiger partial charge on any atom is -0.354 e. The van der Waals surface area contributed by atoms with Gasteiger partial charge in [-0.1, -0.05) is 54.4 Å². The SMILES string of the molecule is CCCNC(=O)[C@H](C)N(Cc1ccc(Cl)cc1)C(=O)CN(c1ccc(C)c(C)c1)S(=O)(=O)c1ccc(C)cc1. The summed E-state index contributed by atoms with van der Waals surface area (Å²) in [4.78, 5) is 28.3. The van der Waals surface area contributed by atoms with Crippen LogP contribution in [-0.4, -0.2) is 44.3 Å². The molecule has 1 atom stereocenters. The Morgan fingerprint density at radius 2 is 1.56 bits per heavy atom. The summed E-state index contributed by atoms with van der Waals surface area (Å²) in [5.74, 6) is -0.809. The van der Waals surface area contributed by atoms with Crippen LogP contribution >= 0.6 is 11.6 Å². The molecule has 208 valence electrons. The van der Waals surface area contributed by atoms with Gasteiger partial charge in [0.2, 0.25) is 11.8 Å². The molecule has 3 aromatic carbocycles. The second kappa shape index (κ2) is 13.1. The summed E-state index contributed by atoms with van der Waals surface area (Å²) in [7, 11) is -4.10. The van der Waals surface area contributed by atoms with Crippen molar-refractivity contribution < 1.29 is 18.0 Å². The minimum absolute atomic E-state index is 0.0807. The molecule has 1 N–H and O–H groups in total. The molecule has 0 aliphatic rings. The summed E-state index contributed by atoms with van der Waals surface area (Å²) in [6.45, 7) is 9.41. The molecule has 0 aliphatic heterocycles. The molecule has 0 fully saturated rings. The van der Waals surface area contributed by atoms with Gasteiger partial charge < -0.3 is 10.2 Å². The maximum atomic E-state index is 13.9. The third-order valence-corrected chi connectivity index (χ3v) is 8.69. The van der Waals surface area contributed by atoms with Gasteiger partial charge in [-0.15, -0.1) is 0 Å². The fourth-order valence-corrected chi connectivity index (χ4v) is 5.54. The van der Waals surface area contributed by atoms with Crippen molar-refractivity contribution in [3.05, 3.63) is 94.0 Å². The molecule has 0 spiro atoms. The van der Waals surface area contributed by atoms with E-state index in [1.54, 1.807) is 55.5 Å². The zero-order valence-corrected chi connectivity index (χ0v) is 24.6. The van der Waals surface area contributed by atoms with Crippen LogP contribution in [0.1, 0.15) is 42.5 Å². The van der Waals surface area contributed by atoms with Gasteiger partial charge in [-0.2, -0.15) is 0 Å². The fraction of sp³-hybridized carbons (Fsp3) is 0.333. The van der Waals surface area contributed by atoms with Crippen LogP contribution in [0, 0.1) is 20.8 Å². The molecule has 0 saturated carbocycles. The van der Waals surface area contributed by atoms with E-state index in [1.165, 1.54) is 17.0 Å². The summed E-state index contributed by atoms with van der Waals surface area (Å²) < 4.78 is 28.9. The fourth-order valence-electron chi connectivity index (χ4n) is 4.01. The summed E-state index contributed by atoms with van der Waals surface area (Å²) in [6.07, 6.45) is 0.749. The van der Waals surface area contributed by atoms with Crippen LogP contribution in [0.4, 0.5) is 5.69 Å². The largest absolute Gasteiger partial charge is 0.354 e. The average molecular weight is 570 g/mol. The Balaban J connectivity index is 2.04. The lowest BCUT2D eigenvalue weighted by molar-refractivity contribution is -0.139. The van der Waals surface area contributed by atoms with Crippen LogP contribution in [0.5, 0.6) is 0 Å². The van der Waals surface area contributed by atoms with Crippen LogP contribution in [0.25, 0.3) is 0 Å². The normalized spacial score (nSPS) is 12.1. The van der Waals surface area contributed by atoms with Crippen molar-refractivity contribution in [2.45, 2.75) is 58.5 Å². The first kappa shape index (κ1) is 30.2. The Labute approximate surface area is 236 Å². The summed E-state index contributed by atoms with van der Waals surface area (Å²) in [5.41, 5.74) is 3.96. The van der Waals surface area contributed by atoms with E-state index < -0.39 is 28.5 Å². The number of nitrogens with one attached hydrogen (secondary N) is 1. The highest BCUT2D eigenvalue weighted by atomic mass is 35.5. The number of nitrogens with zero attached hydrogens (tertiary/aromatic N) is 2. The average Bonchev–Trinajstić information content (AvgIpc) is 2.91. The molecule has 2 amide bonds. The Morgan fingerprint density at radius 3 is 2.15 bits per heavy atom. The van der Waals surface area contributed by atoms with Crippen molar-refractivity contribution in [2.75, 3.05) is 17.4 Å². The standard InChI is InChI=1S/C30H36ClN3O4S/c1-6-17-32-30(36)24(5)33(19-25-10-12-26(31)13-11-25)29(35)20-34(27-14-9-22(3)23(4)18-27)39(37,38)28-15-7-21(2)8-16-28/h7-16,18,24H,6,17,19-20H2,1-5H3,(H,32,36)/t24-/m0/s1. The lowest BCUT2D eigenvalue weighted by atomic mass is 10.1. The number of carbonyl (C=O) groups is 2. The van der Waals surface area contributed by atoms with Gasteiger partial charge in [0.25, 0.3) is 10.0 Å². The molecule has 3 rings (SSSR count). The summed E-state index contributed by atoms with van der Waals surface area (Å²) >= 11 is 6.04. The van der Waals surface area contributed by atoms with Gasteiger partial charge in [-0.3, -0.25) is 13.9 Å². The number of benzene rings is 3. The Hall–Kier alpha value is -3.36. The van der Waals surface area contributed by atoms with Gasteiger partial charge in [0.1, 0.15) is 12.6 Å². The van der Waals surface area contributed by atoms with E-state index in [0.717, 1.165) is 33.0 Å². The van der Waals surface area contributed by atoms with Crippen LogP contribution in [0.3, 0.4) is 0 Å². The van der Waals surface area contributed by atoms with Gasteiger partial charge in [0.05, 0.1) is 10.6 Å². The van der Waals surface area contributed by atoms with Crippen LogP contribution in [-0.2, 0) is 26.2 Å². The van der Waals surface area contributed by atoms with Crippen LogP contribution in [0.2, 0.25) is 5.02 Å². The van der Waals surface area contributed by atoms with E-state index in [9.17, 15) is 18.0 Å². The number of carbonyl (C=O) groups excluding carboxylic acids is 2. The molecule has 0 saturated heterocycles. The van der Waals surface area contributed by atoms with Gasteiger partial charge in [0, 0.05) is 18.1 Å². The topological polar surface area (TPSA) is 86.8 Å². The molecule has 3 aromatic rings. The second-order valence-electron chi connectivity index (χ2n) is 9.71. The quantitative estimate of drug-likeness (QED) is 0.335. The number of sulfonamides is 1. The number of rotatable bonds is 11. The smallest absolute Gasteiger partial charge is 0.264 e. The molecular weight excluding hydrogens is 534 g/mol. The zero-order chi connectivity index (χ0) is 28.7. The highest BCUT2D eigenvalue weighted by Crippen LogP contribution is 2.27. The Bertz CT molecular complexity index is 1410. The van der Waals surface area contributed by atoms with Crippen molar-refractivity contribution in [1.82, 2.24) is 10.2 Å². The number of hydrogen-bond acceptors (Lipinski definition) is 4. The van der Waals surface area contributed by atoms with Crippen molar-refractivity contribution in [3.8, 4) is 0 Å². The highest BCUT2D eigenvalue weighted by molar-refractivity contribution is 7.92. The van der Waals surface area contributed by atoms with E-state index in [-0.39, 0.29) is 17.3 Å². The molecule has 0 heterocycles. The molecular formula is C30H36ClN3O4S. The van der Waals surface area contributed by atoms with Gasteiger partial charge in [-0.05, 0) is 87.2 Å². The van der Waals surface area contributed by atoms with Gasteiger partial charge in [-0.25, -0.2) is 8.42 Å². The molecule has 39 heavy (non-hydrogen) atoms. The van der Waals surface area contributed by atoms with E-state index >= 15 is 0 Å². The van der Waals surface area contributed by atoms with Crippen LogP contribution in [0.15, 0.2) is 71.6 Å². The van der Waals surface area contributed by atoms with E-state index in [2.05, 4.69) is 5.32 Å². The molecule has 0 aliphatic carbocycles. The second-order valence-corrected chi connectivity index (χ2v) is 12.0. The third kappa shape index (κ3) is 7.61. The number of hydrogen-bond donors (Lipinski definition) is 1. The summed E-state index contributed by atoms with van der Waals surface area (Å²) in [6, 6.07) is 18.0. The maximum absolute atomic E-state index is 13.9. The molecule has 0 unspecified atom stereocenters. The lowest BCUT2D eigenvalue weighted by Crippen LogP contribution is -2.51. The van der Waals surface area contributed by atoms with E-state index in [4.69, 9.17) is 11.6 Å². The van der Waals surface area contributed by atoms with Crippen molar-refractivity contribution in [3.63, 3.8) is 0 Å². The van der Waals surface area contributed by atoms with Crippen molar-refractivity contribution >= 4 is 39.1 Å². The molecule has 7 nitrogen and oxygen atoms in total. The predicted molar refractivity (Wildman–Crippen MR) is 156 cm³/mol. The number of aryl methyl sites for hydroxylation is 3. The first-order valence-corrected chi connectivity index (χ1v) is 14.7. The van der Waals surface area contributed by atoms with Crippen LogP contribution < -0.4 is 9.62 Å². The van der Waals surface area contributed by atoms with Crippen molar-refractivity contribution in [1.29, 1.82) is 0 Å². The lowest BCUT2D eigenvalue weighted by Gasteiger charge is -2.32. The van der Waals surface area contributed by atoms with Gasteiger partial charge >= 0.3 is 0 Å². The first-order valence-electron chi connectivity index (χ1n) is 12.9. The Morgan fingerprint density at radius 1 is 0.923 bits per heavy atom. The molecule has 0 aromatic heterocycles. The number of halogens is 1. The predicted octanol–water partition coefficient (Wildman–Crippen LogP) is 5.40. The highest BCUT2D eigenvalue weighted by Gasteiger charge is 2.32. The van der Waals surface area contributed by atoms with E-state index in [0.29, 0.717) is 17.3 Å². The number of amides is 2. The molecule has 9 heteroatoms. The first-order chi connectivity index (χ1) is 18.4. The van der Waals surface area contributed by atoms with Gasteiger partial charge in [0.15, 0.2) is 0 Å². The maximum Gasteiger partial charge on any atom is 0.264 e. The monoisotopic (exact) mass is 569 g/mol. The Kier molecular flexibility index (Phi) is 10.2. The number of anilines is 1. The minimum atomic E-state index is -4.10. The molecule has 0 radical (unpaired) electrons.